The van der Waals surface area contributed by atoms with Gasteiger partial charge < -0.3 is 10.6 Å². The van der Waals surface area contributed by atoms with Crippen molar-refractivity contribution in [1.82, 2.24) is 10.6 Å². The van der Waals surface area contributed by atoms with E-state index in [1.54, 1.807) is 0 Å². The molecular weight excluding hydrogens is 308 g/mol. The minimum atomic E-state index is 0. The van der Waals surface area contributed by atoms with Gasteiger partial charge in [0, 0.05) is 18.4 Å². The van der Waals surface area contributed by atoms with E-state index in [0.717, 1.165) is 19.5 Å². The smallest absolute Gasteiger partial charge is 0.220 e. The van der Waals surface area contributed by atoms with Crippen LogP contribution < -0.4 is 10.6 Å². The third kappa shape index (κ3) is 5.50. The second-order valence-electron chi connectivity index (χ2n) is 6.64. The first kappa shape index (κ1) is 20.0. The summed E-state index contributed by atoms with van der Waals surface area (Å²) >= 11 is 0. The molecular formula is C19H31ClN2O. The number of nitrogens with one attached hydrogen (secondary N) is 2. The number of hydrogen-bond donors (Lipinski definition) is 2. The van der Waals surface area contributed by atoms with Crippen molar-refractivity contribution in [2.75, 3.05) is 20.1 Å². The molecule has 1 aromatic carbocycles. The predicted molar refractivity (Wildman–Crippen MR) is 99.4 cm³/mol. The summed E-state index contributed by atoms with van der Waals surface area (Å²) in [5, 5.41) is 6.30. The van der Waals surface area contributed by atoms with Crippen molar-refractivity contribution < 1.29 is 4.79 Å². The molecule has 0 unspecified atom stereocenters. The molecule has 0 aromatic heterocycles. The van der Waals surface area contributed by atoms with Crippen molar-refractivity contribution in [3.63, 3.8) is 0 Å². The third-order valence-electron chi connectivity index (χ3n) is 4.98. The van der Waals surface area contributed by atoms with Crippen LogP contribution in [0.4, 0.5) is 0 Å². The number of benzene rings is 1. The summed E-state index contributed by atoms with van der Waals surface area (Å²) in [4.78, 5) is 12.1. The molecule has 2 rings (SSSR count). The molecule has 1 aliphatic carbocycles. The Morgan fingerprint density at radius 3 is 2.52 bits per heavy atom. The fraction of sp³-hybridized carbons (Fsp3) is 0.632. The lowest BCUT2D eigenvalue weighted by molar-refractivity contribution is -0.121. The number of carbonyl (C=O) groups excluding carboxylic acids is 1. The molecule has 1 fully saturated rings. The summed E-state index contributed by atoms with van der Waals surface area (Å²) in [6, 6.07) is 8.69. The Morgan fingerprint density at radius 2 is 1.87 bits per heavy atom. The van der Waals surface area contributed by atoms with E-state index < -0.39 is 0 Å². The summed E-state index contributed by atoms with van der Waals surface area (Å²) in [7, 11) is 1.92. The van der Waals surface area contributed by atoms with Gasteiger partial charge in [0.25, 0.3) is 0 Å². The first-order chi connectivity index (χ1) is 10.7. The van der Waals surface area contributed by atoms with E-state index in [2.05, 4.69) is 41.8 Å². The zero-order valence-corrected chi connectivity index (χ0v) is 15.3. The summed E-state index contributed by atoms with van der Waals surface area (Å²) < 4.78 is 0. The lowest BCUT2D eigenvalue weighted by Gasteiger charge is -2.39. The van der Waals surface area contributed by atoms with Gasteiger partial charge in [-0.15, -0.1) is 12.4 Å². The summed E-state index contributed by atoms with van der Waals surface area (Å²) in [6.45, 7) is 3.88. The zero-order valence-electron chi connectivity index (χ0n) is 14.5. The van der Waals surface area contributed by atoms with Crippen molar-refractivity contribution >= 4 is 18.3 Å². The Morgan fingerprint density at radius 1 is 1.17 bits per heavy atom. The third-order valence-corrected chi connectivity index (χ3v) is 4.98. The average Bonchev–Trinajstić information content (AvgIpc) is 2.54. The van der Waals surface area contributed by atoms with E-state index in [9.17, 15) is 4.79 Å². The highest BCUT2D eigenvalue weighted by Gasteiger charge is 2.35. The molecule has 0 heterocycles. The Labute approximate surface area is 147 Å². The summed E-state index contributed by atoms with van der Waals surface area (Å²) in [6.07, 6.45) is 7.76. The van der Waals surface area contributed by atoms with Crippen LogP contribution in [0.1, 0.15) is 56.1 Å². The Hall–Kier alpha value is -1.06. The van der Waals surface area contributed by atoms with Crippen LogP contribution in [-0.2, 0) is 10.2 Å². The SMILES string of the molecule is CNCCCC(=O)NCC1(c2ccccc2C)CCCCC1.Cl. The van der Waals surface area contributed by atoms with Crippen molar-refractivity contribution in [2.24, 2.45) is 0 Å². The largest absolute Gasteiger partial charge is 0.355 e. The van der Waals surface area contributed by atoms with Gasteiger partial charge >= 0.3 is 0 Å². The molecule has 130 valence electrons. The number of hydrogen-bond acceptors (Lipinski definition) is 2. The van der Waals surface area contributed by atoms with Gasteiger partial charge in [0.2, 0.25) is 5.91 Å². The van der Waals surface area contributed by atoms with Crippen LogP contribution in [0.2, 0.25) is 0 Å². The molecule has 0 spiro atoms. The lowest BCUT2D eigenvalue weighted by Crippen LogP contribution is -2.42. The summed E-state index contributed by atoms with van der Waals surface area (Å²) in [5.41, 5.74) is 2.93. The molecule has 3 nitrogen and oxygen atoms in total. The highest BCUT2D eigenvalue weighted by Crippen LogP contribution is 2.40. The predicted octanol–water partition coefficient (Wildman–Crippen LogP) is 3.73. The van der Waals surface area contributed by atoms with E-state index in [4.69, 9.17) is 0 Å². The molecule has 0 aliphatic heterocycles. The van der Waals surface area contributed by atoms with Gasteiger partial charge in [0.15, 0.2) is 0 Å². The minimum absolute atomic E-state index is 0. The molecule has 0 radical (unpaired) electrons. The number of rotatable bonds is 7. The van der Waals surface area contributed by atoms with E-state index in [1.807, 2.05) is 7.05 Å². The van der Waals surface area contributed by atoms with Crippen molar-refractivity contribution in [3.8, 4) is 0 Å². The molecule has 0 bridgehead atoms. The second-order valence-corrected chi connectivity index (χ2v) is 6.64. The van der Waals surface area contributed by atoms with Crippen LogP contribution in [0.15, 0.2) is 24.3 Å². The van der Waals surface area contributed by atoms with Crippen LogP contribution in [0.5, 0.6) is 0 Å². The molecule has 1 aliphatic rings. The summed E-state index contributed by atoms with van der Waals surface area (Å²) in [5.74, 6) is 0.189. The Balaban J connectivity index is 0.00000264. The number of amides is 1. The van der Waals surface area contributed by atoms with E-state index >= 15 is 0 Å². The first-order valence-corrected chi connectivity index (χ1v) is 8.65. The first-order valence-electron chi connectivity index (χ1n) is 8.65. The number of carbonyl (C=O) groups is 1. The maximum Gasteiger partial charge on any atom is 0.220 e. The van der Waals surface area contributed by atoms with Gasteiger partial charge in [0.1, 0.15) is 0 Å². The van der Waals surface area contributed by atoms with E-state index in [1.165, 1.54) is 43.2 Å². The van der Waals surface area contributed by atoms with Gasteiger partial charge in [-0.2, -0.15) is 0 Å². The maximum atomic E-state index is 12.1. The van der Waals surface area contributed by atoms with Gasteiger partial charge in [0.05, 0.1) is 0 Å². The molecule has 1 amide bonds. The van der Waals surface area contributed by atoms with Crippen LogP contribution in [0.3, 0.4) is 0 Å². The molecule has 23 heavy (non-hydrogen) atoms. The Bertz CT molecular complexity index is 484. The molecule has 0 saturated heterocycles. The van der Waals surface area contributed by atoms with Crippen LogP contribution in [0, 0.1) is 6.92 Å². The highest BCUT2D eigenvalue weighted by molar-refractivity contribution is 5.85. The molecule has 1 aromatic rings. The maximum absolute atomic E-state index is 12.1. The van der Waals surface area contributed by atoms with Gasteiger partial charge in [-0.1, -0.05) is 43.5 Å². The van der Waals surface area contributed by atoms with Gasteiger partial charge in [-0.25, -0.2) is 0 Å². The molecule has 1 saturated carbocycles. The standard InChI is InChI=1S/C19H30N2O.ClH/c1-16-9-4-5-10-17(16)19(12-6-3-7-13-19)15-21-18(22)11-8-14-20-2;/h4-5,9-10,20H,3,6-8,11-15H2,1-2H3,(H,21,22);1H. The fourth-order valence-corrected chi connectivity index (χ4v) is 3.72. The number of halogens is 1. The molecule has 4 heteroatoms. The van der Waals surface area contributed by atoms with Crippen molar-refractivity contribution in [1.29, 1.82) is 0 Å². The minimum Gasteiger partial charge on any atom is -0.355 e. The Kier molecular flexibility index (Phi) is 8.64. The second kappa shape index (κ2) is 9.94. The quantitative estimate of drug-likeness (QED) is 0.744. The zero-order chi connectivity index (χ0) is 15.8. The van der Waals surface area contributed by atoms with Crippen LogP contribution in [-0.4, -0.2) is 26.0 Å². The average molecular weight is 339 g/mol. The lowest BCUT2D eigenvalue weighted by atomic mass is 9.68. The monoisotopic (exact) mass is 338 g/mol. The van der Waals surface area contributed by atoms with Gasteiger partial charge in [-0.3, -0.25) is 4.79 Å². The topological polar surface area (TPSA) is 41.1 Å². The molecule has 2 N–H and O–H groups in total. The van der Waals surface area contributed by atoms with Crippen LogP contribution >= 0.6 is 12.4 Å². The molecule has 0 atom stereocenters. The van der Waals surface area contributed by atoms with E-state index in [0.29, 0.717) is 6.42 Å². The van der Waals surface area contributed by atoms with Crippen molar-refractivity contribution in [3.05, 3.63) is 35.4 Å². The fourth-order valence-electron chi connectivity index (χ4n) is 3.72. The van der Waals surface area contributed by atoms with Crippen LogP contribution in [0.25, 0.3) is 0 Å². The normalized spacial score (nSPS) is 16.4. The highest BCUT2D eigenvalue weighted by atomic mass is 35.5. The number of aryl methyl sites for hydroxylation is 1. The van der Waals surface area contributed by atoms with Gasteiger partial charge in [-0.05, 0) is 50.9 Å². The van der Waals surface area contributed by atoms with Crippen molar-refractivity contribution in [2.45, 2.75) is 57.3 Å². The van der Waals surface area contributed by atoms with E-state index in [-0.39, 0.29) is 23.7 Å².